The van der Waals surface area contributed by atoms with Crippen LogP contribution in [0.1, 0.15) is 51.3 Å². The van der Waals surface area contributed by atoms with Crippen LogP contribution in [0.2, 0.25) is 0 Å². The molecule has 0 aromatic heterocycles. The highest BCUT2D eigenvalue weighted by Crippen LogP contribution is 2.69. The van der Waals surface area contributed by atoms with Crippen LogP contribution in [0.25, 0.3) is 0 Å². The first-order chi connectivity index (χ1) is 9.21. The van der Waals surface area contributed by atoms with E-state index in [1.165, 1.54) is 16.7 Å². The van der Waals surface area contributed by atoms with Gasteiger partial charge in [-0.05, 0) is 54.7 Å². The summed E-state index contributed by atoms with van der Waals surface area (Å²) in [6, 6.07) is 7.43. The fraction of sp³-hybridized carbons (Fsp3) is 0.684. The van der Waals surface area contributed by atoms with Gasteiger partial charge in [0.15, 0.2) is 0 Å². The Morgan fingerprint density at radius 2 is 1.70 bits per heavy atom. The molecule has 1 aliphatic rings. The molecule has 0 aliphatic heterocycles. The van der Waals surface area contributed by atoms with Crippen molar-refractivity contribution in [2.24, 2.45) is 16.7 Å². The Labute approximate surface area is 125 Å². The van der Waals surface area contributed by atoms with E-state index in [4.69, 9.17) is 0 Å². The lowest BCUT2D eigenvalue weighted by molar-refractivity contribution is 0.402. The summed E-state index contributed by atoms with van der Waals surface area (Å²) < 4.78 is 0. The number of hydrogen-bond acceptors (Lipinski definition) is 1. The van der Waals surface area contributed by atoms with E-state index in [1.807, 2.05) is 0 Å². The molecule has 2 rings (SSSR count). The molecule has 1 nitrogen and oxygen atoms in total. The largest absolute Gasteiger partial charge is 0.314 e. The maximum absolute atomic E-state index is 3.75. The standard InChI is InChI=1S/C19H31N/c1-8-20-16(17-18(4,5)19(17,6)7)12-15-11-13(2)9-10-14(15)3/h9-11,16-17,20H,8,12H2,1-7H3. The summed E-state index contributed by atoms with van der Waals surface area (Å²) in [5.41, 5.74) is 5.19. The molecule has 0 amide bonds. The van der Waals surface area contributed by atoms with Crippen LogP contribution >= 0.6 is 0 Å². The molecule has 0 spiro atoms. The SMILES string of the molecule is CCNC(Cc1cc(C)ccc1C)C1C(C)(C)C1(C)C. The van der Waals surface area contributed by atoms with E-state index < -0.39 is 0 Å². The Hall–Kier alpha value is -0.820. The van der Waals surface area contributed by atoms with Gasteiger partial charge in [0.25, 0.3) is 0 Å². The predicted molar refractivity (Wildman–Crippen MR) is 88.1 cm³/mol. The third kappa shape index (κ3) is 2.53. The first-order valence-electron chi connectivity index (χ1n) is 8.01. The summed E-state index contributed by atoms with van der Waals surface area (Å²) >= 11 is 0. The normalized spacial score (nSPS) is 21.8. The van der Waals surface area contributed by atoms with Gasteiger partial charge >= 0.3 is 0 Å². The summed E-state index contributed by atoms with van der Waals surface area (Å²) in [4.78, 5) is 0. The van der Waals surface area contributed by atoms with Crippen molar-refractivity contribution in [3.8, 4) is 0 Å². The molecule has 0 saturated heterocycles. The summed E-state index contributed by atoms with van der Waals surface area (Å²) in [6.45, 7) is 17.4. The van der Waals surface area contributed by atoms with Gasteiger partial charge in [-0.25, -0.2) is 0 Å². The Kier molecular flexibility index (Phi) is 4.03. The van der Waals surface area contributed by atoms with Gasteiger partial charge in [0.05, 0.1) is 0 Å². The molecule has 1 saturated carbocycles. The second-order valence-electron chi connectivity index (χ2n) is 7.72. The zero-order valence-electron chi connectivity index (χ0n) is 14.3. The highest BCUT2D eigenvalue weighted by Gasteiger charge is 2.66. The van der Waals surface area contributed by atoms with Crippen LogP contribution in [0.15, 0.2) is 18.2 Å². The molecule has 1 aliphatic carbocycles. The highest BCUT2D eigenvalue weighted by atomic mass is 15.0. The number of aryl methyl sites for hydroxylation is 2. The quantitative estimate of drug-likeness (QED) is 0.832. The lowest BCUT2D eigenvalue weighted by atomic mass is 9.93. The minimum atomic E-state index is 0.442. The molecule has 1 N–H and O–H groups in total. The first kappa shape index (κ1) is 15.6. The van der Waals surface area contributed by atoms with Crippen molar-refractivity contribution in [3.05, 3.63) is 34.9 Å². The molecule has 0 heterocycles. The minimum absolute atomic E-state index is 0.442. The fourth-order valence-electron chi connectivity index (χ4n) is 4.08. The van der Waals surface area contributed by atoms with Crippen LogP contribution in [0.3, 0.4) is 0 Å². The number of rotatable bonds is 5. The Morgan fingerprint density at radius 1 is 1.10 bits per heavy atom. The summed E-state index contributed by atoms with van der Waals surface area (Å²) in [5.74, 6) is 0.759. The van der Waals surface area contributed by atoms with Gasteiger partial charge in [-0.2, -0.15) is 0 Å². The van der Waals surface area contributed by atoms with Gasteiger partial charge in [0.2, 0.25) is 0 Å². The zero-order chi connectivity index (χ0) is 15.1. The van der Waals surface area contributed by atoms with E-state index in [9.17, 15) is 0 Å². The van der Waals surface area contributed by atoms with Crippen molar-refractivity contribution in [1.82, 2.24) is 5.32 Å². The van der Waals surface area contributed by atoms with E-state index in [0.717, 1.165) is 18.9 Å². The zero-order valence-corrected chi connectivity index (χ0v) is 14.3. The number of nitrogens with one attached hydrogen (secondary N) is 1. The fourth-order valence-corrected chi connectivity index (χ4v) is 4.08. The summed E-state index contributed by atoms with van der Waals surface area (Å²) in [7, 11) is 0. The molecule has 0 bridgehead atoms. The number of hydrogen-bond donors (Lipinski definition) is 1. The van der Waals surface area contributed by atoms with E-state index in [2.05, 4.69) is 72.0 Å². The Morgan fingerprint density at radius 3 is 2.20 bits per heavy atom. The molecule has 1 heteroatoms. The van der Waals surface area contributed by atoms with Crippen molar-refractivity contribution in [2.75, 3.05) is 6.54 Å². The van der Waals surface area contributed by atoms with Crippen LogP contribution in [-0.4, -0.2) is 12.6 Å². The maximum Gasteiger partial charge on any atom is 0.0146 e. The molecule has 1 aromatic carbocycles. The van der Waals surface area contributed by atoms with Crippen molar-refractivity contribution >= 4 is 0 Å². The van der Waals surface area contributed by atoms with Crippen LogP contribution < -0.4 is 5.32 Å². The highest BCUT2D eigenvalue weighted by molar-refractivity contribution is 5.32. The monoisotopic (exact) mass is 273 g/mol. The smallest absolute Gasteiger partial charge is 0.0146 e. The van der Waals surface area contributed by atoms with Crippen LogP contribution in [0, 0.1) is 30.6 Å². The molecule has 112 valence electrons. The maximum atomic E-state index is 3.75. The van der Waals surface area contributed by atoms with Gasteiger partial charge in [-0.3, -0.25) is 0 Å². The van der Waals surface area contributed by atoms with Gasteiger partial charge in [-0.1, -0.05) is 58.4 Å². The summed E-state index contributed by atoms with van der Waals surface area (Å²) in [5, 5.41) is 3.75. The second-order valence-corrected chi connectivity index (χ2v) is 7.72. The molecule has 1 fully saturated rings. The molecule has 20 heavy (non-hydrogen) atoms. The van der Waals surface area contributed by atoms with Gasteiger partial charge in [0, 0.05) is 6.04 Å². The molecule has 0 radical (unpaired) electrons. The van der Waals surface area contributed by atoms with Gasteiger partial charge < -0.3 is 5.32 Å². The minimum Gasteiger partial charge on any atom is -0.314 e. The Bertz CT molecular complexity index is 471. The predicted octanol–water partition coefficient (Wildman–Crippen LogP) is 4.51. The molecule has 1 aromatic rings. The lowest BCUT2D eigenvalue weighted by Gasteiger charge is -2.22. The number of benzene rings is 1. The summed E-state index contributed by atoms with van der Waals surface area (Å²) in [6.07, 6.45) is 1.15. The van der Waals surface area contributed by atoms with Crippen LogP contribution in [0.5, 0.6) is 0 Å². The average Bonchev–Trinajstić information content (AvgIpc) is 2.74. The van der Waals surface area contributed by atoms with E-state index in [1.54, 1.807) is 0 Å². The topological polar surface area (TPSA) is 12.0 Å². The first-order valence-corrected chi connectivity index (χ1v) is 8.01. The van der Waals surface area contributed by atoms with Crippen molar-refractivity contribution < 1.29 is 0 Å². The number of likely N-dealkylation sites (N-methyl/N-ethyl adjacent to an activating group) is 1. The van der Waals surface area contributed by atoms with Gasteiger partial charge in [-0.15, -0.1) is 0 Å². The van der Waals surface area contributed by atoms with Crippen molar-refractivity contribution in [3.63, 3.8) is 0 Å². The average molecular weight is 273 g/mol. The lowest BCUT2D eigenvalue weighted by Crippen LogP contribution is -2.35. The third-order valence-corrected chi connectivity index (χ3v) is 5.95. The Balaban J connectivity index is 2.21. The van der Waals surface area contributed by atoms with E-state index in [0.29, 0.717) is 16.9 Å². The van der Waals surface area contributed by atoms with E-state index >= 15 is 0 Å². The van der Waals surface area contributed by atoms with E-state index in [-0.39, 0.29) is 0 Å². The van der Waals surface area contributed by atoms with Crippen LogP contribution in [-0.2, 0) is 6.42 Å². The second kappa shape index (κ2) is 5.18. The molecule has 1 unspecified atom stereocenters. The molecular formula is C19H31N. The van der Waals surface area contributed by atoms with Crippen molar-refractivity contribution in [2.45, 2.75) is 60.9 Å². The van der Waals surface area contributed by atoms with Gasteiger partial charge in [0.1, 0.15) is 0 Å². The molecular weight excluding hydrogens is 242 g/mol. The van der Waals surface area contributed by atoms with Crippen molar-refractivity contribution in [1.29, 1.82) is 0 Å². The molecule has 1 atom stereocenters. The third-order valence-electron chi connectivity index (χ3n) is 5.95. The van der Waals surface area contributed by atoms with Crippen LogP contribution in [0.4, 0.5) is 0 Å².